The highest BCUT2D eigenvalue weighted by Gasteiger charge is 2.26. The zero-order valence-electron chi connectivity index (χ0n) is 13.9. The number of thiophene rings is 1. The van der Waals surface area contributed by atoms with Crippen LogP contribution in [0.4, 0.5) is 5.69 Å². The summed E-state index contributed by atoms with van der Waals surface area (Å²) in [6.45, 7) is 5.26. The predicted octanol–water partition coefficient (Wildman–Crippen LogP) is 1.41. The Morgan fingerprint density at radius 3 is 2.68 bits per heavy atom. The van der Waals surface area contributed by atoms with Gasteiger partial charge in [0.1, 0.15) is 16.9 Å². The van der Waals surface area contributed by atoms with Crippen LogP contribution in [0.15, 0.2) is 11.0 Å². The number of rotatable bonds is 3. The zero-order valence-corrected chi connectivity index (χ0v) is 14.7. The van der Waals surface area contributed by atoms with Crippen LogP contribution >= 0.6 is 11.3 Å². The summed E-state index contributed by atoms with van der Waals surface area (Å²) >= 11 is 1.40. The van der Waals surface area contributed by atoms with Gasteiger partial charge in [-0.2, -0.15) is 5.10 Å². The third-order valence-corrected chi connectivity index (χ3v) is 4.91. The van der Waals surface area contributed by atoms with E-state index in [0.717, 1.165) is 26.0 Å². The van der Waals surface area contributed by atoms with E-state index >= 15 is 0 Å². The average molecular weight is 362 g/mol. The number of aryl methyl sites for hydroxylation is 4. The van der Waals surface area contributed by atoms with Crippen molar-refractivity contribution in [1.29, 1.82) is 0 Å². The summed E-state index contributed by atoms with van der Waals surface area (Å²) in [6.07, 6.45) is 1.12. The van der Waals surface area contributed by atoms with E-state index < -0.39 is 22.1 Å². The van der Waals surface area contributed by atoms with Crippen LogP contribution in [-0.4, -0.2) is 30.3 Å². The molecule has 0 saturated carbocycles. The Balaban J connectivity index is 2.09. The van der Waals surface area contributed by atoms with Crippen LogP contribution in [0.2, 0.25) is 0 Å². The molecule has 0 unspecified atom stereocenters. The Labute approximate surface area is 144 Å². The summed E-state index contributed by atoms with van der Waals surface area (Å²) in [7, 11) is 1.46. The highest BCUT2D eigenvalue weighted by atomic mass is 32.1. The number of nitrogens with zero attached hydrogens (tertiary/aromatic N) is 5. The van der Waals surface area contributed by atoms with Gasteiger partial charge in [0.05, 0.1) is 10.3 Å². The predicted molar refractivity (Wildman–Crippen MR) is 91.6 cm³/mol. The molecule has 3 aromatic rings. The van der Waals surface area contributed by atoms with Crippen molar-refractivity contribution in [3.63, 3.8) is 0 Å². The van der Waals surface area contributed by atoms with Crippen LogP contribution < -0.4 is 11.0 Å². The van der Waals surface area contributed by atoms with Crippen LogP contribution in [0.25, 0.3) is 10.2 Å². The first-order chi connectivity index (χ1) is 11.7. The maximum Gasteiger partial charge on any atom is 0.320 e. The molecule has 0 atom stereocenters. The van der Waals surface area contributed by atoms with Gasteiger partial charge >= 0.3 is 5.69 Å². The van der Waals surface area contributed by atoms with Gasteiger partial charge in [-0.15, -0.1) is 11.3 Å². The molecule has 0 bridgehead atoms. The molecule has 0 saturated heterocycles. The summed E-state index contributed by atoms with van der Waals surface area (Å²) in [5.41, 5.74) is 1.90. The van der Waals surface area contributed by atoms with Crippen LogP contribution in [0, 0.1) is 30.9 Å². The Kier molecular flexibility index (Phi) is 3.87. The molecule has 0 aromatic carbocycles. The molecule has 0 spiro atoms. The standard InChI is InChI=1S/C14H14N6O4S/c1-6-7(2)25-13-10(6)14(22)19(8(3)15-13)17-12(21)11-9(20(23)24)5-18(4)16-11/h5H,1-4H3,(H,17,21). The van der Waals surface area contributed by atoms with Crippen LogP contribution in [-0.2, 0) is 7.05 Å². The first-order valence-corrected chi connectivity index (χ1v) is 8.01. The fourth-order valence-corrected chi connectivity index (χ4v) is 3.52. The normalized spacial score (nSPS) is 11.0. The Morgan fingerprint density at radius 1 is 1.36 bits per heavy atom. The maximum absolute atomic E-state index is 12.7. The number of hydrogen-bond donors (Lipinski definition) is 1. The van der Waals surface area contributed by atoms with Crippen molar-refractivity contribution < 1.29 is 9.72 Å². The number of fused-ring (bicyclic) bond motifs is 1. The molecule has 0 radical (unpaired) electrons. The van der Waals surface area contributed by atoms with E-state index in [1.807, 2.05) is 13.8 Å². The van der Waals surface area contributed by atoms with Crippen molar-refractivity contribution in [3.8, 4) is 0 Å². The molecule has 0 aliphatic rings. The van der Waals surface area contributed by atoms with Crippen molar-refractivity contribution >= 4 is 33.1 Å². The summed E-state index contributed by atoms with van der Waals surface area (Å²) in [5.74, 6) is -0.589. The van der Waals surface area contributed by atoms with Crippen LogP contribution in [0.1, 0.15) is 26.8 Å². The minimum absolute atomic E-state index is 0.269. The van der Waals surface area contributed by atoms with Gasteiger partial charge < -0.3 is 0 Å². The number of carbonyl (C=O) groups is 1. The van der Waals surface area contributed by atoms with E-state index in [2.05, 4.69) is 15.5 Å². The van der Waals surface area contributed by atoms with E-state index in [-0.39, 0.29) is 11.5 Å². The molecule has 1 amide bonds. The van der Waals surface area contributed by atoms with Crippen molar-refractivity contribution in [2.75, 3.05) is 5.43 Å². The zero-order chi connectivity index (χ0) is 18.5. The number of nitrogens with one attached hydrogen (secondary N) is 1. The molecule has 3 aromatic heterocycles. The lowest BCUT2D eigenvalue weighted by Gasteiger charge is -2.10. The van der Waals surface area contributed by atoms with E-state index in [4.69, 9.17) is 0 Å². The largest absolute Gasteiger partial charge is 0.320 e. The monoisotopic (exact) mass is 362 g/mol. The second kappa shape index (κ2) is 5.77. The minimum Gasteiger partial charge on any atom is -0.268 e. The summed E-state index contributed by atoms with van der Waals surface area (Å²) in [4.78, 5) is 41.4. The molecule has 25 heavy (non-hydrogen) atoms. The average Bonchev–Trinajstić information content (AvgIpc) is 3.04. The fraction of sp³-hybridized carbons (Fsp3) is 0.286. The molecule has 3 heterocycles. The third-order valence-electron chi connectivity index (χ3n) is 3.81. The van der Waals surface area contributed by atoms with Gasteiger partial charge in [-0.1, -0.05) is 0 Å². The molecule has 0 aliphatic carbocycles. The minimum atomic E-state index is -0.858. The van der Waals surface area contributed by atoms with Crippen molar-refractivity contribution in [2.45, 2.75) is 20.8 Å². The van der Waals surface area contributed by atoms with Gasteiger partial charge in [-0.25, -0.2) is 9.66 Å². The maximum atomic E-state index is 12.7. The Morgan fingerprint density at radius 2 is 2.04 bits per heavy atom. The van der Waals surface area contributed by atoms with E-state index in [1.165, 1.54) is 18.4 Å². The Bertz CT molecular complexity index is 1090. The smallest absolute Gasteiger partial charge is 0.268 e. The molecular weight excluding hydrogens is 348 g/mol. The molecule has 1 N–H and O–H groups in total. The second-order valence-electron chi connectivity index (χ2n) is 5.50. The van der Waals surface area contributed by atoms with Gasteiger partial charge in [0.15, 0.2) is 0 Å². The summed E-state index contributed by atoms with van der Waals surface area (Å²) < 4.78 is 2.15. The molecular formula is C14H14N6O4S. The van der Waals surface area contributed by atoms with Gasteiger partial charge in [0, 0.05) is 11.9 Å². The second-order valence-corrected chi connectivity index (χ2v) is 6.70. The fourth-order valence-electron chi connectivity index (χ4n) is 2.45. The first kappa shape index (κ1) is 16.8. The Hall–Kier alpha value is -3.08. The van der Waals surface area contributed by atoms with E-state index in [1.54, 1.807) is 6.92 Å². The highest BCUT2D eigenvalue weighted by molar-refractivity contribution is 7.18. The summed E-state index contributed by atoms with van der Waals surface area (Å²) in [6, 6.07) is 0. The lowest BCUT2D eigenvalue weighted by Crippen LogP contribution is -2.35. The number of carbonyl (C=O) groups excluding carboxylic acids is 1. The van der Waals surface area contributed by atoms with Crippen molar-refractivity contribution in [3.05, 3.63) is 48.6 Å². The topological polar surface area (TPSA) is 125 Å². The van der Waals surface area contributed by atoms with E-state index in [9.17, 15) is 19.7 Å². The summed E-state index contributed by atoms with van der Waals surface area (Å²) in [5, 5.41) is 15.3. The molecule has 0 fully saturated rings. The SMILES string of the molecule is Cc1sc2nc(C)n(NC(=O)c3nn(C)cc3[N+](=O)[O-])c(=O)c2c1C. The van der Waals surface area contributed by atoms with Gasteiger partial charge in [-0.3, -0.25) is 29.8 Å². The molecule has 11 heteroatoms. The van der Waals surface area contributed by atoms with Gasteiger partial charge in [-0.05, 0) is 26.3 Å². The van der Waals surface area contributed by atoms with Gasteiger partial charge in [0.2, 0.25) is 5.69 Å². The number of nitro groups is 1. The van der Waals surface area contributed by atoms with Crippen LogP contribution in [0.3, 0.4) is 0 Å². The third kappa shape index (κ3) is 2.67. The molecule has 130 valence electrons. The number of aromatic nitrogens is 4. The molecule has 3 rings (SSSR count). The quantitative estimate of drug-likeness (QED) is 0.555. The lowest BCUT2D eigenvalue weighted by atomic mass is 10.2. The van der Waals surface area contributed by atoms with Gasteiger partial charge in [0.25, 0.3) is 11.5 Å². The molecule has 0 aliphatic heterocycles. The van der Waals surface area contributed by atoms with Crippen molar-refractivity contribution in [1.82, 2.24) is 19.4 Å². The number of hydrogen-bond acceptors (Lipinski definition) is 7. The first-order valence-electron chi connectivity index (χ1n) is 7.19. The highest BCUT2D eigenvalue weighted by Crippen LogP contribution is 2.26. The lowest BCUT2D eigenvalue weighted by molar-refractivity contribution is -0.385. The van der Waals surface area contributed by atoms with Crippen molar-refractivity contribution in [2.24, 2.45) is 7.05 Å². The number of amides is 1. The van der Waals surface area contributed by atoms with E-state index in [0.29, 0.717) is 10.2 Å². The molecule has 10 nitrogen and oxygen atoms in total. The van der Waals surface area contributed by atoms with Crippen LogP contribution in [0.5, 0.6) is 0 Å².